The first-order chi connectivity index (χ1) is 12.1. The molecular weight excluding hydrogens is 379 g/mol. The van der Waals surface area contributed by atoms with Gasteiger partial charge < -0.3 is 0 Å². The van der Waals surface area contributed by atoms with Gasteiger partial charge in [0.25, 0.3) is 0 Å². The average molecular weight is 403 g/mol. The fourth-order valence-electron chi connectivity index (χ4n) is 3.88. The van der Waals surface area contributed by atoms with Crippen LogP contribution < -0.4 is 0 Å². The van der Waals surface area contributed by atoms with Crippen LogP contribution in [0.5, 0.6) is 0 Å². The quantitative estimate of drug-likeness (QED) is 0.404. The second kappa shape index (κ2) is 6.89. The predicted molar refractivity (Wildman–Crippen MR) is 107 cm³/mol. The van der Waals surface area contributed by atoms with Crippen LogP contribution in [0.4, 0.5) is 0 Å². The standard InChI is InChI=1S/C13H10.C9H7.2CH3.Zr/c1-9-8-11-6-2-4-10-5-3-7-12(9)13(10)11;1-2-5-9-7-3-6-8(9)4-1;;;/h2-8H,1H3;1-7H;2*1H3;. The number of benzene rings is 3. The van der Waals surface area contributed by atoms with Crippen LogP contribution in [0.2, 0.25) is 9.26 Å². The summed E-state index contributed by atoms with van der Waals surface area (Å²) in [6.07, 6.45) is 6.95. The van der Waals surface area contributed by atoms with E-state index in [0.29, 0.717) is 0 Å². The molecule has 0 aliphatic heterocycles. The zero-order valence-electron chi connectivity index (χ0n) is 15.1. The van der Waals surface area contributed by atoms with E-state index in [0.717, 1.165) is 3.63 Å². The van der Waals surface area contributed by atoms with Crippen molar-refractivity contribution in [2.45, 2.75) is 19.8 Å². The first kappa shape index (κ1) is 16.7. The van der Waals surface area contributed by atoms with Gasteiger partial charge in [-0.15, -0.1) is 0 Å². The van der Waals surface area contributed by atoms with Gasteiger partial charge in [-0.2, -0.15) is 0 Å². The van der Waals surface area contributed by atoms with Crippen LogP contribution in [-0.2, 0) is 21.8 Å². The first-order valence-corrected chi connectivity index (χ1v) is 15.3. The van der Waals surface area contributed by atoms with Crippen molar-refractivity contribution in [2.75, 3.05) is 0 Å². The van der Waals surface area contributed by atoms with E-state index in [-0.39, 0.29) is 0 Å². The molecule has 1 atom stereocenters. The van der Waals surface area contributed by atoms with Gasteiger partial charge in [-0.05, 0) is 34.4 Å². The molecule has 25 heavy (non-hydrogen) atoms. The van der Waals surface area contributed by atoms with E-state index in [2.05, 4.69) is 95.1 Å². The van der Waals surface area contributed by atoms with Gasteiger partial charge in [-0.1, -0.05) is 42.5 Å². The zero-order chi connectivity index (χ0) is 17.4. The molecule has 3 aromatic carbocycles. The fourth-order valence-corrected chi connectivity index (χ4v) is 7.24. The molecule has 0 N–H and O–H groups in total. The summed E-state index contributed by atoms with van der Waals surface area (Å²) in [4.78, 5) is 0. The summed E-state index contributed by atoms with van der Waals surface area (Å²) >= 11 is -1.07. The number of fused-ring (bicyclic) bond motifs is 1. The molecule has 0 aromatic heterocycles. The molecule has 2 aliphatic rings. The Kier molecular flexibility index (Phi) is 4.61. The van der Waals surface area contributed by atoms with Crippen molar-refractivity contribution in [3.63, 3.8) is 0 Å². The van der Waals surface area contributed by atoms with Crippen LogP contribution in [0.15, 0.2) is 66.7 Å². The van der Waals surface area contributed by atoms with Gasteiger partial charge in [0, 0.05) is 0 Å². The molecule has 1 unspecified atom stereocenters. The SMILES string of the molecule is CC1=Cc2cccc3cccc1c23.[CH3][Zr]([CH3])[CH]1C=Cc2ccccc21. The maximum absolute atomic E-state index is 2.47. The predicted octanol–water partition coefficient (Wildman–Crippen LogP) is 7.18. The Morgan fingerprint density at radius 2 is 1.52 bits per heavy atom. The fraction of sp³-hybridized carbons (Fsp3) is 0.167. The monoisotopic (exact) mass is 401 g/mol. The molecule has 0 nitrogen and oxygen atoms in total. The molecule has 0 heterocycles. The topological polar surface area (TPSA) is 0 Å². The van der Waals surface area contributed by atoms with Crippen molar-refractivity contribution >= 4 is 28.5 Å². The number of hydrogen-bond donors (Lipinski definition) is 0. The summed E-state index contributed by atoms with van der Waals surface area (Å²) in [5.41, 5.74) is 7.17. The van der Waals surface area contributed by atoms with Crippen LogP contribution in [0.1, 0.15) is 32.8 Å². The molecule has 0 spiro atoms. The van der Waals surface area contributed by atoms with Gasteiger partial charge >= 0.3 is 82.2 Å². The Labute approximate surface area is 158 Å². The third-order valence-corrected chi connectivity index (χ3v) is 9.45. The molecule has 123 valence electrons. The average Bonchev–Trinajstić information content (AvgIpc) is 3.19. The molecule has 0 fully saturated rings. The molecule has 0 saturated carbocycles. The summed E-state index contributed by atoms with van der Waals surface area (Å²) in [6.45, 7) is 2.18. The maximum atomic E-state index is 2.47. The Hall–Kier alpha value is -1.72. The molecule has 2 aliphatic carbocycles. The van der Waals surface area contributed by atoms with Crippen molar-refractivity contribution in [2.24, 2.45) is 0 Å². The first-order valence-electron chi connectivity index (χ1n) is 8.93. The Morgan fingerprint density at radius 1 is 0.800 bits per heavy atom. The third kappa shape index (κ3) is 3.11. The number of hydrogen-bond acceptors (Lipinski definition) is 0. The Morgan fingerprint density at radius 3 is 2.32 bits per heavy atom. The van der Waals surface area contributed by atoms with Crippen LogP contribution in [0, 0.1) is 0 Å². The van der Waals surface area contributed by atoms with Crippen molar-refractivity contribution in [3.05, 3.63) is 89.0 Å². The van der Waals surface area contributed by atoms with Crippen LogP contribution in [0.3, 0.4) is 0 Å². The van der Waals surface area contributed by atoms with E-state index in [1.165, 1.54) is 33.0 Å². The molecule has 5 rings (SSSR count). The van der Waals surface area contributed by atoms with E-state index in [1.807, 2.05) is 0 Å². The van der Waals surface area contributed by atoms with Crippen molar-refractivity contribution < 1.29 is 21.8 Å². The summed E-state index contributed by atoms with van der Waals surface area (Å²) in [7, 11) is 0. The van der Waals surface area contributed by atoms with Crippen molar-refractivity contribution in [1.29, 1.82) is 0 Å². The normalized spacial score (nSPS) is 16.3. The van der Waals surface area contributed by atoms with E-state index in [9.17, 15) is 0 Å². The second-order valence-electron chi connectivity index (χ2n) is 7.12. The summed E-state index contributed by atoms with van der Waals surface area (Å²) in [6, 6.07) is 21.8. The molecule has 1 heteroatoms. The van der Waals surface area contributed by atoms with Crippen molar-refractivity contribution in [1.82, 2.24) is 0 Å². The summed E-state index contributed by atoms with van der Waals surface area (Å²) < 4.78 is 5.78. The molecule has 0 bridgehead atoms. The van der Waals surface area contributed by atoms with Crippen molar-refractivity contribution in [3.8, 4) is 0 Å². The minimum atomic E-state index is -1.07. The number of allylic oxidation sites excluding steroid dienone is 2. The minimum absolute atomic E-state index is 0.837. The van der Waals surface area contributed by atoms with Gasteiger partial charge in [0.05, 0.1) is 0 Å². The molecule has 0 radical (unpaired) electrons. The van der Waals surface area contributed by atoms with Crippen LogP contribution in [0.25, 0.3) is 28.5 Å². The zero-order valence-corrected chi connectivity index (χ0v) is 17.5. The molecule has 0 amide bonds. The summed E-state index contributed by atoms with van der Waals surface area (Å²) in [5.74, 6) is 0. The van der Waals surface area contributed by atoms with Gasteiger partial charge in [0.15, 0.2) is 0 Å². The summed E-state index contributed by atoms with van der Waals surface area (Å²) in [5, 5.41) is 2.77. The van der Waals surface area contributed by atoms with E-state index >= 15 is 0 Å². The molecular formula is C24H23Zr. The Bertz CT molecular complexity index is 987. The molecule has 3 aromatic rings. The molecule has 0 saturated heterocycles. The van der Waals surface area contributed by atoms with Crippen LogP contribution >= 0.6 is 0 Å². The van der Waals surface area contributed by atoms with E-state index in [1.54, 1.807) is 5.56 Å². The van der Waals surface area contributed by atoms with Crippen LogP contribution in [-0.4, -0.2) is 0 Å². The van der Waals surface area contributed by atoms with E-state index < -0.39 is 21.8 Å². The van der Waals surface area contributed by atoms with Gasteiger partial charge in [-0.3, -0.25) is 0 Å². The van der Waals surface area contributed by atoms with Gasteiger partial charge in [0.1, 0.15) is 0 Å². The number of rotatable bonds is 1. The van der Waals surface area contributed by atoms with Gasteiger partial charge in [-0.25, -0.2) is 0 Å². The van der Waals surface area contributed by atoms with E-state index in [4.69, 9.17) is 0 Å². The third-order valence-electron chi connectivity index (χ3n) is 5.16. The Balaban J connectivity index is 0.000000126. The van der Waals surface area contributed by atoms with Gasteiger partial charge in [0.2, 0.25) is 0 Å². The second-order valence-corrected chi connectivity index (χ2v) is 13.9.